The van der Waals surface area contributed by atoms with Crippen LogP contribution in [0.1, 0.15) is 71.9 Å². The third-order valence-corrected chi connectivity index (χ3v) is 4.66. The molecule has 2 aliphatic rings. The van der Waals surface area contributed by atoms with Crippen molar-refractivity contribution in [3.8, 4) is 0 Å². The standard InChI is InChI=1S/C15H21NO2/c1-10-14(15(17)18)12-8-5-9-13(12)16(10)11-6-3-2-4-7-11/h11H,2-9H2,1H3,(H,17,18). The molecule has 18 heavy (non-hydrogen) atoms. The van der Waals surface area contributed by atoms with Crippen LogP contribution in [0.4, 0.5) is 0 Å². The Kier molecular flexibility index (Phi) is 2.92. The second kappa shape index (κ2) is 4.45. The molecule has 0 unspecified atom stereocenters. The summed E-state index contributed by atoms with van der Waals surface area (Å²) in [4.78, 5) is 11.5. The molecule has 1 saturated carbocycles. The van der Waals surface area contributed by atoms with E-state index < -0.39 is 5.97 Å². The first-order valence-electron chi connectivity index (χ1n) is 7.16. The van der Waals surface area contributed by atoms with Gasteiger partial charge in [0.1, 0.15) is 0 Å². The third kappa shape index (κ3) is 1.68. The Morgan fingerprint density at radius 3 is 2.56 bits per heavy atom. The van der Waals surface area contributed by atoms with Crippen LogP contribution in [-0.4, -0.2) is 15.6 Å². The maximum atomic E-state index is 11.5. The molecule has 3 heteroatoms. The quantitative estimate of drug-likeness (QED) is 0.869. The lowest BCUT2D eigenvalue weighted by atomic mass is 9.95. The van der Waals surface area contributed by atoms with Gasteiger partial charge in [0.05, 0.1) is 5.56 Å². The Balaban J connectivity index is 2.08. The lowest BCUT2D eigenvalue weighted by Gasteiger charge is -2.26. The Morgan fingerprint density at radius 1 is 1.17 bits per heavy atom. The van der Waals surface area contributed by atoms with Crippen molar-refractivity contribution < 1.29 is 9.90 Å². The van der Waals surface area contributed by atoms with E-state index in [0.29, 0.717) is 11.6 Å². The summed E-state index contributed by atoms with van der Waals surface area (Å²) in [7, 11) is 0. The molecule has 0 aliphatic heterocycles. The van der Waals surface area contributed by atoms with E-state index in [1.165, 1.54) is 37.8 Å². The van der Waals surface area contributed by atoms with E-state index >= 15 is 0 Å². The number of carboxylic acid groups (broad SMARTS) is 1. The molecule has 1 aromatic rings. The largest absolute Gasteiger partial charge is 0.478 e. The minimum atomic E-state index is -0.736. The monoisotopic (exact) mass is 247 g/mol. The molecule has 0 spiro atoms. The topological polar surface area (TPSA) is 42.2 Å². The van der Waals surface area contributed by atoms with Gasteiger partial charge in [0, 0.05) is 17.4 Å². The zero-order valence-electron chi connectivity index (χ0n) is 11.0. The number of aromatic carboxylic acids is 1. The Hall–Kier alpha value is -1.25. The molecular weight excluding hydrogens is 226 g/mol. The molecule has 1 fully saturated rings. The molecular formula is C15H21NO2. The molecule has 1 aromatic heterocycles. The van der Waals surface area contributed by atoms with Crippen LogP contribution in [0.2, 0.25) is 0 Å². The van der Waals surface area contributed by atoms with Gasteiger partial charge >= 0.3 is 5.97 Å². The van der Waals surface area contributed by atoms with Gasteiger partial charge in [-0.2, -0.15) is 0 Å². The number of aromatic nitrogens is 1. The number of hydrogen-bond donors (Lipinski definition) is 1. The van der Waals surface area contributed by atoms with Gasteiger partial charge < -0.3 is 9.67 Å². The summed E-state index contributed by atoms with van der Waals surface area (Å²) in [5.74, 6) is -0.736. The first-order chi connectivity index (χ1) is 8.70. The fraction of sp³-hybridized carbons (Fsp3) is 0.667. The molecule has 0 saturated heterocycles. The second-order valence-electron chi connectivity index (χ2n) is 5.71. The van der Waals surface area contributed by atoms with Crippen LogP contribution in [0, 0.1) is 6.92 Å². The maximum absolute atomic E-state index is 11.5. The number of fused-ring (bicyclic) bond motifs is 1. The molecule has 2 aliphatic carbocycles. The lowest BCUT2D eigenvalue weighted by Crippen LogP contribution is -2.16. The third-order valence-electron chi connectivity index (χ3n) is 4.66. The molecule has 3 nitrogen and oxygen atoms in total. The van der Waals surface area contributed by atoms with Gasteiger partial charge in [-0.25, -0.2) is 4.79 Å². The first-order valence-corrected chi connectivity index (χ1v) is 7.16. The number of rotatable bonds is 2. The molecule has 0 amide bonds. The maximum Gasteiger partial charge on any atom is 0.337 e. The fourth-order valence-electron chi connectivity index (χ4n) is 3.92. The Labute approximate surface area is 108 Å². The van der Waals surface area contributed by atoms with E-state index in [-0.39, 0.29) is 0 Å². The van der Waals surface area contributed by atoms with Crippen LogP contribution in [0.25, 0.3) is 0 Å². The predicted octanol–water partition coefficient (Wildman–Crippen LogP) is 3.49. The van der Waals surface area contributed by atoms with E-state index in [1.54, 1.807) is 0 Å². The summed E-state index contributed by atoms with van der Waals surface area (Å²) in [5, 5.41) is 9.43. The van der Waals surface area contributed by atoms with Crippen molar-refractivity contribution in [2.45, 2.75) is 64.3 Å². The Bertz CT molecular complexity index is 481. The molecule has 0 bridgehead atoms. The summed E-state index contributed by atoms with van der Waals surface area (Å²) in [6.45, 7) is 2.00. The van der Waals surface area contributed by atoms with Crippen LogP contribution < -0.4 is 0 Å². The van der Waals surface area contributed by atoms with Crippen LogP contribution in [0.5, 0.6) is 0 Å². The van der Waals surface area contributed by atoms with Gasteiger partial charge in [0.15, 0.2) is 0 Å². The van der Waals surface area contributed by atoms with Gasteiger partial charge in [-0.1, -0.05) is 19.3 Å². The number of nitrogens with zero attached hydrogens (tertiary/aromatic N) is 1. The average molecular weight is 247 g/mol. The number of hydrogen-bond acceptors (Lipinski definition) is 1. The lowest BCUT2D eigenvalue weighted by molar-refractivity contribution is 0.0695. The van der Waals surface area contributed by atoms with Crippen molar-refractivity contribution >= 4 is 5.97 Å². The van der Waals surface area contributed by atoms with Crippen molar-refractivity contribution in [1.82, 2.24) is 4.57 Å². The molecule has 98 valence electrons. The van der Waals surface area contributed by atoms with E-state index in [4.69, 9.17) is 0 Å². The van der Waals surface area contributed by atoms with E-state index in [9.17, 15) is 9.90 Å². The van der Waals surface area contributed by atoms with Gasteiger partial charge in [-0.05, 0) is 44.6 Å². The molecule has 0 atom stereocenters. The second-order valence-corrected chi connectivity index (χ2v) is 5.71. The van der Waals surface area contributed by atoms with Crippen molar-refractivity contribution in [2.24, 2.45) is 0 Å². The predicted molar refractivity (Wildman–Crippen MR) is 70.3 cm³/mol. The highest BCUT2D eigenvalue weighted by atomic mass is 16.4. The molecule has 1 N–H and O–H groups in total. The highest BCUT2D eigenvalue weighted by Gasteiger charge is 2.30. The van der Waals surface area contributed by atoms with Crippen LogP contribution in [-0.2, 0) is 12.8 Å². The summed E-state index contributed by atoms with van der Waals surface area (Å²) < 4.78 is 2.38. The minimum Gasteiger partial charge on any atom is -0.478 e. The summed E-state index contributed by atoms with van der Waals surface area (Å²) in [5.41, 5.74) is 4.06. The normalized spacial score (nSPS) is 20.1. The van der Waals surface area contributed by atoms with Crippen molar-refractivity contribution in [1.29, 1.82) is 0 Å². The van der Waals surface area contributed by atoms with Crippen molar-refractivity contribution in [3.63, 3.8) is 0 Å². The molecule has 0 aromatic carbocycles. The van der Waals surface area contributed by atoms with E-state index in [1.807, 2.05) is 6.92 Å². The highest BCUT2D eigenvalue weighted by molar-refractivity contribution is 5.91. The van der Waals surface area contributed by atoms with Crippen LogP contribution in [0.15, 0.2) is 0 Å². The highest BCUT2D eigenvalue weighted by Crippen LogP contribution is 2.38. The molecule has 1 heterocycles. The van der Waals surface area contributed by atoms with Gasteiger partial charge in [-0.3, -0.25) is 0 Å². The van der Waals surface area contributed by atoms with Crippen molar-refractivity contribution in [3.05, 3.63) is 22.5 Å². The number of carboxylic acids is 1. The first kappa shape index (κ1) is 11.8. The molecule has 3 rings (SSSR count). The van der Waals surface area contributed by atoms with E-state index in [2.05, 4.69) is 4.57 Å². The summed E-state index contributed by atoms with van der Waals surface area (Å²) in [6, 6.07) is 0.554. The van der Waals surface area contributed by atoms with E-state index in [0.717, 1.165) is 30.5 Å². The fourth-order valence-corrected chi connectivity index (χ4v) is 3.92. The zero-order chi connectivity index (χ0) is 12.7. The zero-order valence-corrected chi connectivity index (χ0v) is 11.0. The SMILES string of the molecule is Cc1c(C(=O)O)c2c(n1C1CCCCC1)CCC2. The van der Waals surface area contributed by atoms with Crippen LogP contribution in [0.3, 0.4) is 0 Å². The number of carbonyl (C=O) groups is 1. The average Bonchev–Trinajstić information content (AvgIpc) is 2.88. The van der Waals surface area contributed by atoms with Gasteiger partial charge in [0.25, 0.3) is 0 Å². The van der Waals surface area contributed by atoms with Gasteiger partial charge in [-0.15, -0.1) is 0 Å². The van der Waals surface area contributed by atoms with Crippen molar-refractivity contribution in [2.75, 3.05) is 0 Å². The Morgan fingerprint density at radius 2 is 1.89 bits per heavy atom. The minimum absolute atomic E-state index is 0.554. The van der Waals surface area contributed by atoms with Crippen LogP contribution >= 0.6 is 0 Å². The molecule has 0 radical (unpaired) electrons. The summed E-state index contributed by atoms with van der Waals surface area (Å²) in [6.07, 6.45) is 9.52. The van der Waals surface area contributed by atoms with Gasteiger partial charge in [0.2, 0.25) is 0 Å². The smallest absolute Gasteiger partial charge is 0.337 e. The summed E-state index contributed by atoms with van der Waals surface area (Å²) >= 11 is 0.